The molecule has 1 aliphatic heterocycles. The van der Waals surface area contributed by atoms with Crippen LogP contribution in [0, 0.1) is 0 Å². The molecule has 0 bridgehead atoms. The summed E-state index contributed by atoms with van der Waals surface area (Å²) in [6.07, 6.45) is 5.00. The van der Waals surface area contributed by atoms with Crippen LogP contribution in [0.1, 0.15) is 40.3 Å². The van der Waals surface area contributed by atoms with Crippen LogP contribution in [-0.2, 0) is 16.8 Å². The van der Waals surface area contributed by atoms with Gasteiger partial charge < -0.3 is 10.2 Å². The molecule has 33 heavy (non-hydrogen) atoms. The third-order valence-electron chi connectivity index (χ3n) is 6.95. The second-order valence-corrected chi connectivity index (χ2v) is 9.45. The second kappa shape index (κ2) is 7.42. The number of anilines is 1. The maximum absolute atomic E-state index is 12.8. The third-order valence-corrected chi connectivity index (χ3v) is 6.95. The number of aromatic amines is 1. The summed E-state index contributed by atoms with van der Waals surface area (Å²) in [6, 6.07) is 23.1. The quantitative estimate of drug-likeness (QED) is 0.455. The van der Waals surface area contributed by atoms with Gasteiger partial charge in [0.25, 0.3) is 0 Å². The number of aromatic nitrogens is 2. The van der Waals surface area contributed by atoms with Crippen LogP contribution < -0.4 is 5.32 Å². The van der Waals surface area contributed by atoms with Gasteiger partial charge in [-0.2, -0.15) is 5.10 Å². The van der Waals surface area contributed by atoms with Gasteiger partial charge in [-0.25, -0.2) is 0 Å². The average molecular weight is 435 g/mol. The molecule has 5 heteroatoms. The minimum atomic E-state index is -0.411. The summed E-state index contributed by atoms with van der Waals surface area (Å²) in [5.74, 6) is 0.326. The zero-order valence-corrected chi connectivity index (χ0v) is 18.8. The van der Waals surface area contributed by atoms with E-state index in [0.717, 1.165) is 46.4 Å². The van der Waals surface area contributed by atoms with E-state index < -0.39 is 5.41 Å². The molecule has 2 atom stereocenters. The van der Waals surface area contributed by atoms with Crippen molar-refractivity contribution in [1.29, 1.82) is 0 Å². The molecule has 1 saturated carbocycles. The number of H-pyrrole nitrogens is 1. The maximum Gasteiger partial charge on any atom is 0.235 e. The van der Waals surface area contributed by atoms with E-state index in [9.17, 15) is 4.79 Å². The monoisotopic (exact) mass is 434 g/mol. The van der Waals surface area contributed by atoms with Gasteiger partial charge in [-0.15, -0.1) is 0 Å². The van der Waals surface area contributed by atoms with Crippen LogP contribution in [-0.4, -0.2) is 35.1 Å². The molecule has 6 rings (SSSR count). The molecule has 2 aliphatic rings. The average Bonchev–Trinajstić information content (AvgIpc) is 3.35. The third kappa shape index (κ3) is 3.28. The number of carbonyl (C=O) groups excluding carboxylic acids is 1. The highest BCUT2D eigenvalue weighted by Crippen LogP contribution is 2.64. The number of nitrogens with zero attached hydrogens (tertiary/aromatic N) is 2. The molecule has 1 fully saturated rings. The molecule has 1 aromatic heterocycles. The summed E-state index contributed by atoms with van der Waals surface area (Å²) < 4.78 is 0. The van der Waals surface area contributed by atoms with E-state index in [2.05, 4.69) is 95.2 Å². The fraction of sp³-hybridized carbons (Fsp3) is 0.214. The van der Waals surface area contributed by atoms with Crippen molar-refractivity contribution in [2.24, 2.45) is 0 Å². The Bertz CT molecular complexity index is 1400. The van der Waals surface area contributed by atoms with Gasteiger partial charge in [-0.3, -0.25) is 9.89 Å². The molecule has 2 N–H and O–H groups in total. The van der Waals surface area contributed by atoms with Crippen LogP contribution in [0.5, 0.6) is 0 Å². The lowest BCUT2D eigenvalue weighted by atomic mass is 9.92. The summed E-state index contributed by atoms with van der Waals surface area (Å²) in [5, 5.41) is 11.9. The lowest BCUT2D eigenvalue weighted by molar-refractivity contribution is -0.118. The largest absolute Gasteiger partial charge is 0.325 e. The first-order valence-corrected chi connectivity index (χ1v) is 11.4. The molecule has 1 aliphatic carbocycles. The van der Waals surface area contributed by atoms with E-state index in [0.29, 0.717) is 0 Å². The zero-order valence-electron chi connectivity index (χ0n) is 18.8. The number of hydrogen-bond acceptors (Lipinski definition) is 3. The smallest absolute Gasteiger partial charge is 0.235 e. The SMILES string of the molecule is CN(C)Cc1ccc(C=Cc2n[nH]c3cc([C@H]4C[C@@]45C(=O)Nc4ccccc45)ccc23)cc1. The van der Waals surface area contributed by atoms with Crippen molar-refractivity contribution in [1.82, 2.24) is 15.1 Å². The Morgan fingerprint density at radius 2 is 1.88 bits per heavy atom. The van der Waals surface area contributed by atoms with Crippen molar-refractivity contribution >= 4 is 34.6 Å². The standard InChI is InChI=1S/C28H26N4O/c1-32(2)17-19-9-7-18(8-10-19)11-14-24-21-13-12-20(15-26(21)31-30-24)23-16-28(23)22-5-3-4-6-25(22)29-27(28)33/h3-15,23H,16-17H2,1-2H3,(H,29,33)(H,30,31)/t23-,28+/m1/s1. The molecule has 0 saturated heterocycles. The van der Waals surface area contributed by atoms with Gasteiger partial charge in [0.15, 0.2) is 0 Å². The molecular formula is C28H26N4O. The number of fused-ring (bicyclic) bond motifs is 3. The van der Waals surface area contributed by atoms with E-state index in [-0.39, 0.29) is 11.8 Å². The Morgan fingerprint density at radius 1 is 1.06 bits per heavy atom. The van der Waals surface area contributed by atoms with Crippen LogP contribution in [0.2, 0.25) is 0 Å². The van der Waals surface area contributed by atoms with E-state index in [1.165, 1.54) is 11.1 Å². The highest BCUT2D eigenvalue weighted by atomic mass is 16.2. The summed E-state index contributed by atoms with van der Waals surface area (Å²) >= 11 is 0. The van der Waals surface area contributed by atoms with Crippen molar-refractivity contribution in [3.63, 3.8) is 0 Å². The Hall–Kier alpha value is -3.70. The molecule has 0 radical (unpaired) electrons. The van der Waals surface area contributed by atoms with Crippen LogP contribution >= 0.6 is 0 Å². The molecule has 1 spiro atoms. The van der Waals surface area contributed by atoms with Gasteiger partial charge in [-0.05, 0) is 61.0 Å². The van der Waals surface area contributed by atoms with E-state index in [1.807, 2.05) is 18.2 Å². The lowest BCUT2D eigenvalue weighted by Gasteiger charge is -2.09. The van der Waals surface area contributed by atoms with Gasteiger partial charge >= 0.3 is 0 Å². The molecule has 3 aromatic carbocycles. The number of carbonyl (C=O) groups is 1. The Morgan fingerprint density at radius 3 is 2.70 bits per heavy atom. The minimum absolute atomic E-state index is 0.124. The minimum Gasteiger partial charge on any atom is -0.325 e. The van der Waals surface area contributed by atoms with E-state index in [4.69, 9.17) is 0 Å². The van der Waals surface area contributed by atoms with Crippen LogP contribution in [0.3, 0.4) is 0 Å². The molecule has 5 nitrogen and oxygen atoms in total. The normalized spacial score (nSPS) is 21.3. The zero-order chi connectivity index (χ0) is 22.6. The van der Waals surface area contributed by atoms with Gasteiger partial charge in [-0.1, -0.05) is 60.7 Å². The van der Waals surface area contributed by atoms with Crippen molar-refractivity contribution < 1.29 is 4.79 Å². The van der Waals surface area contributed by atoms with Crippen molar-refractivity contribution in [2.75, 3.05) is 19.4 Å². The summed E-state index contributed by atoms with van der Waals surface area (Å²) in [4.78, 5) is 15.0. The number of hydrogen-bond donors (Lipinski definition) is 2. The number of para-hydroxylation sites is 1. The van der Waals surface area contributed by atoms with Crippen LogP contribution in [0.25, 0.3) is 23.1 Å². The van der Waals surface area contributed by atoms with E-state index >= 15 is 0 Å². The summed E-state index contributed by atoms with van der Waals surface area (Å²) in [6.45, 7) is 0.936. The fourth-order valence-corrected chi connectivity index (χ4v) is 5.23. The molecule has 164 valence electrons. The van der Waals surface area contributed by atoms with Gasteiger partial charge in [0, 0.05) is 23.5 Å². The van der Waals surface area contributed by atoms with Gasteiger partial charge in [0.2, 0.25) is 5.91 Å². The summed E-state index contributed by atoms with van der Waals surface area (Å²) in [5.41, 5.74) is 7.23. The first kappa shape index (κ1) is 19.9. The fourth-order valence-electron chi connectivity index (χ4n) is 5.23. The number of rotatable bonds is 5. The van der Waals surface area contributed by atoms with Crippen molar-refractivity contribution in [2.45, 2.75) is 24.3 Å². The second-order valence-electron chi connectivity index (χ2n) is 9.45. The number of amides is 1. The molecular weight excluding hydrogens is 408 g/mol. The number of nitrogens with one attached hydrogen (secondary N) is 2. The highest BCUT2D eigenvalue weighted by molar-refractivity contribution is 6.09. The highest BCUT2D eigenvalue weighted by Gasteiger charge is 2.65. The molecule has 4 aromatic rings. The first-order valence-electron chi connectivity index (χ1n) is 11.4. The van der Waals surface area contributed by atoms with Crippen LogP contribution in [0.4, 0.5) is 5.69 Å². The topological polar surface area (TPSA) is 61.0 Å². The predicted octanol–water partition coefficient (Wildman–Crippen LogP) is 5.17. The Balaban J connectivity index is 1.24. The lowest BCUT2D eigenvalue weighted by Crippen LogP contribution is -2.20. The number of benzene rings is 3. The Labute approximate surface area is 193 Å². The van der Waals surface area contributed by atoms with Crippen molar-refractivity contribution in [3.8, 4) is 0 Å². The molecule has 2 heterocycles. The molecule has 1 amide bonds. The maximum atomic E-state index is 12.8. The first-order chi connectivity index (χ1) is 16.0. The van der Waals surface area contributed by atoms with Crippen LogP contribution in [0.15, 0.2) is 66.7 Å². The van der Waals surface area contributed by atoms with Gasteiger partial charge in [0.05, 0.1) is 16.6 Å². The summed E-state index contributed by atoms with van der Waals surface area (Å²) in [7, 11) is 4.15. The predicted molar refractivity (Wildman–Crippen MR) is 133 cm³/mol. The van der Waals surface area contributed by atoms with Crippen molar-refractivity contribution in [3.05, 3.63) is 94.7 Å². The van der Waals surface area contributed by atoms with Gasteiger partial charge in [0.1, 0.15) is 0 Å². The van der Waals surface area contributed by atoms with E-state index in [1.54, 1.807) is 0 Å². The molecule has 0 unspecified atom stereocenters. The Kier molecular flexibility index (Phi) is 4.49.